The number of aliphatic carboxylic acids is 1. The second kappa shape index (κ2) is 21.6. The third-order valence-corrected chi connectivity index (χ3v) is 5.77. The Morgan fingerprint density at radius 1 is 0.868 bits per heavy atom. The van der Waals surface area contributed by atoms with Gasteiger partial charge in [0.05, 0.1) is 73.2 Å². The summed E-state index contributed by atoms with van der Waals surface area (Å²) in [5, 5.41) is 14.0. The molecule has 0 aromatic rings. The Kier molecular flexibility index (Phi) is 20.2. The van der Waals surface area contributed by atoms with Crippen LogP contribution in [0, 0.1) is 0 Å². The summed E-state index contributed by atoms with van der Waals surface area (Å²) < 4.78 is 16.7. The second-order valence-corrected chi connectivity index (χ2v) is 10.0. The van der Waals surface area contributed by atoms with E-state index in [2.05, 4.69) is 38.2 Å². The maximum Gasteiger partial charge on any atom is 0.305 e. The minimum Gasteiger partial charge on any atom is -0.481 e. The third-order valence-electron chi connectivity index (χ3n) is 5.77. The topological polar surface area (TPSA) is 140 Å². The molecular weight excluding hydrogens is 494 g/mol. The average molecular weight is 545 g/mol. The molecule has 0 aliphatic carbocycles. The van der Waals surface area contributed by atoms with Crippen molar-refractivity contribution in [1.82, 2.24) is 10.6 Å². The smallest absolute Gasteiger partial charge is 0.305 e. The third kappa shape index (κ3) is 20.7. The zero-order chi connectivity index (χ0) is 28.8. The fourth-order valence-electron chi connectivity index (χ4n) is 3.40. The lowest BCUT2D eigenvalue weighted by molar-refractivity contribution is -0.889. The largest absolute Gasteiger partial charge is 0.481 e. The van der Waals surface area contributed by atoms with Gasteiger partial charge in [-0.2, -0.15) is 0 Å². The number of Topliss-reactive ketones (excluding diaryl/α,β-unsaturated/α-hetero) is 1. The highest BCUT2D eigenvalue weighted by atomic mass is 16.5. The van der Waals surface area contributed by atoms with Gasteiger partial charge in [-0.05, 0) is 26.2 Å². The molecule has 0 saturated carbocycles. The van der Waals surface area contributed by atoms with Crippen LogP contribution in [0.15, 0.2) is 12.2 Å². The van der Waals surface area contributed by atoms with E-state index in [1.807, 2.05) is 0 Å². The van der Waals surface area contributed by atoms with Crippen molar-refractivity contribution in [3.63, 3.8) is 0 Å². The molecule has 0 fully saturated rings. The summed E-state index contributed by atoms with van der Waals surface area (Å²) in [6.45, 7) is 11.4. The summed E-state index contributed by atoms with van der Waals surface area (Å²) in [5.41, 5.74) is 0.270. The van der Waals surface area contributed by atoms with E-state index in [0.717, 1.165) is 30.4 Å². The summed E-state index contributed by atoms with van der Waals surface area (Å²) in [7, 11) is 4.25. The van der Waals surface area contributed by atoms with Crippen LogP contribution in [0.25, 0.3) is 0 Å². The van der Waals surface area contributed by atoms with Crippen LogP contribution in [0.4, 0.5) is 0 Å². The van der Waals surface area contributed by atoms with E-state index in [4.69, 9.17) is 19.3 Å². The van der Waals surface area contributed by atoms with Gasteiger partial charge in [0.2, 0.25) is 11.8 Å². The quantitative estimate of drug-likeness (QED) is 0.0896. The number of ether oxygens (including phenoxy) is 3. The number of carbonyl (C=O) groups excluding carboxylic acids is 3. The molecule has 0 spiro atoms. The Bertz CT molecular complexity index is 727. The Balaban J connectivity index is 4.29. The maximum atomic E-state index is 12.8. The Morgan fingerprint density at radius 2 is 1.47 bits per heavy atom. The van der Waals surface area contributed by atoms with Crippen LogP contribution >= 0.6 is 0 Å². The molecular formula is C27H50N3O8+. The number of quaternary nitrogens is 1. The highest BCUT2D eigenvalue weighted by Gasteiger charge is 2.24. The predicted molar refractivity (Wildman–Crippen MR) is 145 cm³/mol. The molecule has 3 N–H and O–H groups in total. The van der Waals surface area contributed by atoms with E-state index in [-0.39, 0.29) is 43.1 Å². The summed E-state index contributed by atoms with van der Waals surface area (Å²) in [6, 6.07) is -0.950. The number of hydrogen-bond acceptors (Lipinski definition) is 7. The molecule has 11 heteroatoms. The zero-order valence-electron chi connectivity index (χ0n) is 23.9. The van der Waals surface area contributed by atoms with Crippen LogP contribution < -0.4 is 10.6 Å². The Hall–Kier alpha value is -2.34. The molecule has 220 valence electrons. The lowest BCUT2D eigenvalue weighted by Gasteiger charge is -2.30. The Labute approximate surface area is 227 Å². The highest BCUT2D eigenvalue weighted by Crippen LogP contribution is 2.05. The van der Waals surface area contributed by atoms with Gasteiger partial charge in [0, 0.05) is 25.0 Å². The van der Waals surface area contributed by atoms with Gasteiger partial charge in [0.25, 0.3) is 0 Å². The zero-order valence-corrected chi connectivity index (χ0v) is 23.9. The fourth-order valence-corrected chi connectivity index (χ4v) is 3.40. The fraction of sp³-hybridized carbons (Fsp3) is 0.778. The number of rotatable bonds is 25. The standard InChI is InChI=1S/C27H49N3O8/c1-6-7-8-13-30(4,5)14-12-28-27(35)24(29-26(34)22(2)3)21-23(31)10-9-15-36-17-19-38-20-18-37-16-11-25(32)33/h24H,2,6-21H2,1,3-5H3,(H2-,28,29,32,33,34,35)/p+1/t24-/m1/s1. The van der Waals surface area contributed by atoms with Crippen molar-refractivity contribution in [2.75, 3.05) is 73.4 Å². The number of hydrogen-bond donors (Lipinski definition) is 3. The van der Waals surface area contributed by atoms with E-state index >= 15 is 0 Å². The van der Waals surface area contributed by atoms with Crippen molar-refractivity contribution in [2.24, 2.45) is 0 Å². The number of amides is 2. The predicted octanol–water partition coefficient (Wildman–Crippen LogP) is 1.69. The average Bonchev–Trinajstić information content (AvgIpc) is 2.83. The van der Waals surface area contributed by atoms with Crippen molar-refractivity contribution in [3.05, 3.63) is 12.2 Å². The molecule has 0 unspecified atom stereocenters. The van der Waals surface area contributed by atoms with Crippen molar-refractivity contribution in [1.29, 1.82) is 0 Å². The van der Waals surface area contributed by atoms with Crippen molar-refractivity contribution in [3.8, 4) is 0 Å². The lowest BCUT2D eigenvalue weighted by atomic mass is 10.1. The van der Waals surface area contributed by atoms with E-state index in [0.29, 0.717) is 46.0 Å². The number of ketones is 1. The van der Waals surface area contributed by atoms with Gasteiger partial charge in [0.1, 0.15) is 11.8 Å². The van der Waals surface area contributed by atoms with Crippen molar-refractivity contribution < 1.29 is 43.0 Å². The molecule has 0 saturated heterocycles. The monoisotopic (exact) mass is 544 g/mol. The second-order valence-electron chi connectivity index (χ2n) is 10.0. The summed E-state index contributed by atoms with van der Waals surface area (Å²) in [6.07, 6.45) is 4.05. The molecule has 1 atom stereocenters. The van der Waals surface area contributed by atoms with Crippen LogP contribution in [0.5, 0.6) is 0 Å². The minimum absolute atomic E-state index is 0.0373. The first kappa shape index (κ1) is 35.7. The van der Waals surface area contributed by atoms with Crippen molar-refractivity contribution in [2.45, 2.75) is 64.8 Å². The van der Waals surface area contributed by atoms with Gasteiger partial charge >= 0.3 is 5.97 Å². The van der Waals surface area contributed by atoms with E-state index in [1.165, 1.54) is 6.42 Å². The molecule has 2 amide bonds. The summed E-state index contributed by atoms with van der Waals surface area (Å²) in [5.74, 6) is -1.87. The van der Waals surface area contributed by atoms with Gasteiger partial charge in [-0.25, -0.2) is 0 Å². The van der Waals surface area contributed by atoms with Crippen LogP contribution in [0.3, 0.4) is 0 Å². The normalized spacial score (nSPS) is 12.1. The number of nitrogens with zero attached hydrogens (tertiary/aromatic N) is 1. The number of carboxylic acids is 1. The summed E-state index contributed by atoms with van der Waals surface area (Å²) >= 11 is 0. The molecule has 0 aliphatic heterocycles. The van der Waals surface area contributed by atoms with Crippen LogP contribution in [0.2, 0.25) is 0 Å². The SMILES string of the molecule is C=C(C)C(=O)N[C@H](CC(=O)CCCOCCOCCOCCC(=O)O)C(=O)NCC[N+](C)(C)CCCCC. The van der Waals surface area contributed by atoms with Gasteiger partial charge in [0.15, 0.2) is 0 Å². The first-order chi connectivity index (χ1) is 18.0. The summed E-state index contributed by atoms with van der Waals surface area (Å²) in [4.78, 5) is 47.8. The molecule has 38 heavy (non-hydrogen) atoms. The molecule has 0 radical (unpaired) electrons. The van der Waals surface area contributed by atoms with E-state index in [1.54, 1.807) is 6.92 Å². The van der Waals surface area contributed by atoms with Gasteiger partial charge in [-0.1, -0.05) is 19.9 Å². The molecule has 0 aromatic carbocycles. The van der Waals surface area contributed by atoms with Crippen molar-refractivity contribution >= 4 is 23.6 Å². The number of likely N-dealkylation sites (N-methyl/N-ethyl adjacent to an activating group) is 1. The number of carboxylic acid groups (broad SMARTS) is 1. The lowest BCUT2D eigenvalue weighted by Crippen LogP contribution is -2.51. The minimum atomic E-state index is -0.950. The van der Waals surface area contributed by atoms with Crippen LogP contribution in [-0.4, -0.2) is 113 Å². The van der Waals surface area contributed by atoms with E-state index in [9.17, 15) is 19.2 Å². The maximum absolute atomic E-state index is 12.8. The highest BCUT2D eigenvalue weighted by molar-refractivity contribution is 5.97. The first-order valence-electron chi connectivity index (χ1n) is 13.5. The van der Waals surface area contributed by atoms with Crippen LogP contribution in [-0.2, 0) is 33.4 Å². The van der Waals surface area contributed by atoms with Gasteiger partial charge in [-0.15, -0.1) is 0 Å². The molecule has 0 bridgehead atoms. The molecule has 0 aliphatic rings. The van der Waals surface area contributed by atoms with E-state index < -0.39 is 17.9 Å². The molecule has 0 aromatic heterocycles. The number of nitrogens with one attached hydrogen (secondary N) is 2. The molecule has 0 heterocycles. The number of carbonyl (C=O) groups is 4. The molecule has 0 rings (SSSR count). The van der Waals surface area contributed by atoms with Gasteiger partial charge in [-0.3, -0.25) is 19.2 Å². The first-order valence-corrected chi connectivity index (χ1v) is 13.5. The van der Waals surface area contributed by atoms with Gasteiger partial charge < -0.3 is 34.4 Å². The van der Waals surface area contributed by atoms with Crippen LogP contribution in [0.1, 0.15) is 58.8 Å². The number of unbranched alkanes of at least 4 members (excludes halogenated alkanes) is 2. The Morgan fingerprint density at radius 3 is 2.05 bits per heavy atom. The molecule has 11 nitrogen and oxygen atoms in total.